The number of piperazine rings is 2. The van der Waals surface area contributed by atoms with E-state index in [1.54, 1.807) is 44.8 Å². The van der Waals surface area contributed by atoms with Gasteiger partial charge in [0, 0.05) is 179 Å². The van der Waals surface area contributed by atoms with Crippen molar-refractivity contribution in [3.05, 3.63) is 248 Å². The standard InChI is InChI=1S/2C24H36N6O.C23H33N5O.2C20H28N4O2/c1-18-26-16-21(22(28-18)27-17-24(2,3)4)23(31)25-11-10-19-6-8-20(9-7-19)30-14-12-29(5)13-15-30;1-18-26-16-21(22(28-18)27-17-24(2,3)4)23(31)25-10-9-19-7-6-8-20(15-19)30-13-11-29(5)12-14-30;1-17-25-15-20(21(27-17)26-16-23(2,3)4)22(29)24-12-11-18-7-9-19(10-8-18)28-13-5-6-14-28;1-14-22-11-17(18(24-14)23-13-20(2,3)4)19(26)21-10-9-15-5-7-16(12-25)8-6-15;1-14-22-11-17(18(24-14)23-13-20(2,3)4)19(26)21-9-8-15-6-5-7-16(10-15)12-25/h6-9,16H,10-15,17H2,1-5H3,(H,25,31)(H,26,27,28);6-8,15-16H,9-14,17H2,1-5H3,(H,25,31)(H,26,27,28);7-10,15H,5-6,11-14,16H2,1-4H3,(H,24,29)(H,25,26,27);5-8,11,25H,9-10,12-13H2,1-4H3,(H,21,26)(H,22,23,24);5-7,10-11,25H,8-9,12-13H2,1-4H3,(H,21,26)(H,22,23,24). The van der Waals surface area contributed by atoms with Crippen LogP contribution in [0.3, 0.4) is 0 Å². The van der Waals surface area contributed by atoms with Gasteiger partial charge in [0.2, 0.25) is 0 Å². The van der Waals surface area contributed by atoms with Crippen molar-refractivity contribution in [3.8, 4) is 0 Å². The van der Waals surface area contributed by atoms with Crippen LogP contribution in [-0.4, -0.2) is 244 Å². The zero-order valence-electron chi connectivity index (χ0n) is 89.1. The zero-order chi connectivity index (χ0) is 104. The maximum atomic E-state index is 12.8. The van der Waals surface area contributed by atoms with Crippen LogP contribution in [0.4, 0.5) is 46.2 Å². The lowest BCUT2D eigenvalue weighted by molar-refractivity contribution is 0.0945. The summed E-state index contributed by atoms with van der Waals surface area (Å²) in [5.41, 5.74) is 14.2. The van der Waals surface area contributed by atoms with Crippen LogP contribution in [0.25, 0.3) is 0 Å². The molecule has 3 fully saturated rings. The first kappa shape index (κ1) is 114. The average Bonchev–Trinajstić information content (AvgIpc) is 1.53. The number of carbonyl (C=O) groups is 5. The Hall–Kier alpha value is -12.9. The highest BCUT2D eigenvalue weighted by atomic mass is 16.3. The number of anilines is 8. The Morgan fingerprint density at radius 2 is 0.510 bits per heavy atom. The molecule has 5 aromatic heterocycles. The number of amides is 5. The number of aromatic nitrogens is 10. The third-order valence-electron chi connectivity index (χ3n) is 23.6. The van der Waals surface area contributed by atoms with Crippen LogP contribution in [-0.2, 0) is 45.3 Å². The minimum Gasteiger partial charge on any atom is -0.392 e. The molecule has 5 aromatic carbocycles. The van der Waals surface area contributed by atoms with Crippen LogP contribution in [0.1, 0.15) is 237 Å². The molecule has 10 aromatic rings. The molecule has 13 rings (SSSR count). The van der Waals surface area contributed by atoms with E-state index in [-0.39, 0.29) is 69.8 Å². The zero-order valence-corrected chi connectivity index (χ0v) is 89.1. The van der Waals surface area contributed by atoms with Crippen LogP contribution in [0.2, 0.25) is 0 Å². The summed E-state index contributed by atoms with van der Waals surface area (Å²) in [7, 11) is 4.33. The van der Waals surface area contributed by atoms with E-state index >= 15 is 0 Å². The minimum absolute atomic E-state index is 0.0176. The lowest BCUT2D eigenvalue weighted by atomic mass is 9.97. The number of nitrogens with one attached hydrogen (secondary N) is 10. The molecular weight excluding hydrogens is 1800 g/mol. The summed E-state index contributed by atoms with van der Waals surface area (Å²) in [6.07, 6.45) is 14.3. The third kappa shape index (κ3) is 41.2. The molecule has 5 amide bonds. The third-order valence-corrected chi connectivity index (χ3v) is 23.6. The first-order valence-corrected chi connectivity index (χ1v) is 50.4. The number of rotatable bonds is 35. The van der Waals surface area contributed by atoms with Gasteiger partial charge >= 0.3 is 0 Å². The molecule has 0 spiro atoms. The van der Waals surface area contributed by atoms with Gasteiger partial charge in [-0.1, -0.05) is 189 Å². The van der Waals surface area contributed by atoms with Gasteiger partial charge < -0.3 is 87.9 Å². The van der Waals surface area contributed by atoms with Gasteiger partial charge in [0.15, 0.2) is 0 Å². The molecule has 143 heavy (non-hydrogen) atoms. The maximum absolute atomic E-state index is 12.8. The highest BCUT2D eigenvalue weighted by molar-refractivity contribution is 6.01. The fraction of sp³-hybridized carbons (Fsp3) is 0.505. The van der Waals surface area contributed by atoms with Crippen LogP contribution in [0, 0.1) is 61.7 Å². The van der Waals surface area contributed by atoms with Crippen LogP contribution in [0.5, 0.6) is 0 Å². The molecule has 0 radical (unpaired) electrons. The number of aryl methyl sites for hydroxylation is 5. The SMILES string of the molecule is Cc1ncc(C(=O)NCCc2ccc(CO)cc2)c(NCC(C)(C)C)n1.Cc1ncc(C(=O)NCCc2ccc(N3CCCC3)cc2)c(NCC(C)(C)C)n1.Cc1ncc(C(=O)NCCc2ccc(N3CCN(C)CC3)cc2)c(NCC(C)(C)C)n1.Cc1ncc(C(=O)NCCc2cccc(CO)c2)c(NCC(C)(C)C)n1.Cc1ncc(C(=O)NCCc2cccc(N3CCN(C)CC3)c2)c(NCC(C)(C)C)n1. The van der Waals surface area contributed by atoms with Gasteiger partial charge in [-0.05, 0) is 196 Å². The summed E-state index contributed by atoms with van der Waals surface area (Å²) in [6, 6.07) is 41.4. The number of carbonyl (C=O) groups excluding carboxylic acids is 5. The predicted molar refractivity (Wildman–Crippen MR) is 579 cm³/mol. The molecular formula is C111H161N25O7. The summed E-state index contributed by atoms with van der Waals surface area (Å²) >= 11 is 0. The van der Waals surface area contributed by atoms with Crippen LogP contribution in [0.15, 0.2) is 152 Å². The van der Waals surface area contributed by atoms with Crippen molar-refractivity contribution in [1.29, 1.82) is 0 Å². The van der Waals surface area contributed by atoms with Crippen molar-refractivity contribution < 1.29 is 34.2 Å². The van der Waals surface area contributed by atoms with Crippen molar-refractivity contribution >= 4 is 75.7 Å². The number of hydrogen-bond donors (Lipinski definition) is 12. The van der Waals surface area contributed by atoms with E-state index in [2.05, 4.69) is 318 Å². The van der Waals surface area contributed by atoms with Crippen molar-refractivity contribution in [2.24, 2.45) is 27.1 Å². The van der Waals surface area contributed by atoms with E-state index in [9.17, 15) is 29.1 Å². The smallest absolute Gasteiger partial charge is 0.256 e. The molecule has 3 aliphatic heterocycles. The molecule has 0 bridgehead atoms. The van der Waals surface area contributed by atoms with Gasteiger partial charge in [0.25, 0.3) is 29.5 Å². The predicted octanol–water partition coefficient (Wildman–Crippen LogP) is 15.2. The van der Waals surface area contributed by atoms with Crippen molar-refractivity contribution in [3.63, 3.8) is 0 Å². The molecule has 12 N–H and O–H groups in total. The summed E-state index contributed by atoms with van der Waals surface area (Å²) in [5, 5.41) is 49.6. The van der Waals surface area contributed by atoms with Crippen molar-refractivity contribution in [2.75, 3.05) is 186 Å². The van der Waals surface area contributed by atoms with Gasteiger partial charge in [-0.3, -0.25) is 24.0 Å². The number of likely N-dealkylation sites (N-methyl/N-ethyl adjacent to an activating group) is 2. The molecule has 772 valence electrons. The van der Waals surface area contributed by atoms with E-state index in [1.807, 2.05) is 69.3 Å². The highest BCUT2D eigenvalue weighted by Gasteiger charge is 2.26. The quantitative estimate of drug-likeness (QED) is 0.0175. The van der Waals surface area contributed by atoms with E-state index in [0.29, 0.717) is 138 Å². The molecule has 0 unspecified atom stereocenters. The number of hydrogen-bond acceptors (Lipinski definition) is 27. The topological polar surface area (TPSA) is 391 Å². The Morgan fingerprint density at radius 3 is 0.783 bits per heavy atom. The Bertz CT molecular complexity index is 5670. The summed E-state index contributed by atoms with van der Waals surface area (Å²) in [5.74, 6) is 5.29. The number of aliphatic hydroxyl groups excluding tert-OH is 2. The van der Waals surface area contributed by atoms with Gasteiger partial charge in [0.1, 0.15) is 86.0 Å². The Labute approximate surface area is 849 Å². The van der Waals surface area contributed by atoms with E-state index in [1.165, 1.54) is 46.6 Å². The van der Waals surface area contributed by atoms with Crippen molar-refractivity contribution in [1.82, 2.24) is 86.2 Å². The normalized spacial score (nSPS) is 13.5. The Morgan fingerprint density at radius 1 is 0.280 bits per heavy atom. The lowest BCUT2D eigenvalue weighted by Gasteiger charge is -2.34. The second-order valence-electron chi connectivity index (χ2n) is 43.2. The molecule has 3 aliphatic rings. The lowest BCUT2D eigenvalue weighted by Crippen LogP contribution is -2.44. The molecule has 32 heteroatoms. The van der Waals surface area contributed by atoms with Gasteiger partial charge in [-0.2, -0.15) is 0 Å². The van der Waals surface area contributed by atoms with E-state index in [0.717, 1.165) is 133 Å². The molecule has 3 saturated heterocycles. The number of benzene rings is 5. The molecule has 8 heterocycles. The van der Waals surface area contributed by atoms with Crippen LogP contribution < -0.4 is 67.9 Å². The molecule has 0 aliphatic carbocycles. The average molecular weight is 1960 g/mol. The summed E-state index contributed by atoms with van der Waals surface area (Å²) in [4.78, 5) is 118. The van der Waals surface area contributed by atoms with Gasteiger partial charge in [-0.25, -0.2) is 49.8 Å². The first-order valence-electron chi connectivity index (χ1n) is 50.4. The largest absolute Gasteiger partial charge is 0.392 e. The Balaban J connectivity index is 0.000000200. The second kappa shape index (κ2) is 55.1. The molecule has 0 atom stereocenters. The van der Waals surface area contributed by atoms with E-state index < -0.39 is 0 Å². The highest BCUT2D eigenvalue weighted by Crippen LogP contribution is 2.28. The maximum Gasteiger partial charge on any atom is 0.256 e. The molecule has 0 saturated carbocycles. The minimum atomic E-state index is -0.195. The van der Waals surface area contributed by atoms with Gasteiger partial charge in [0.05, 0.1) is 13.2 Å². The van der Waals surface area contributed by atoms with Crippen molar-refractivity contribution in [2.45, 2.75) is 197 Å². The van der Waals surface area contributed by atoms with Crippen LogP contribution >= 0.6 is 0 Å². The van der Waals surface area contributed by atoms with Gasteiger partial charge in [-0.15, -0.1) is 0 Å². The molecule has 32 nitrogen and oxygen atoms in total. The Kier molecular flexibility index (Phi) is 43.8. The second-order valence-corrected chi connectivity index (χ2v) is 43.2. The number of nitrogens with zero attached hydrogens (tertiary/aromatic N) is 15. The number of aliphatic hydroxyl groups is 2. The fourth-order valence-corrected chi connectivity index (χ4v) is 15.1. The summed E-state index contributed by atoms with van der Waals surface area (Å²) < 4.78 is 0. The first-order chi connectivity index (χ1) is 67.8. The monoisotopic (exact) mass is 1960 g/mol. The fourth-order valence-electron chi connectivity index (χ4n) is 15.1. The summed E-state index contributed by atoms with van der Waals surface area (Å²) in [6.45, 7) is 58.4. The van der Waals surface area contributed by atoms with E-state index in [4.69, 9.17) is 5.11 Å².